The van der Waals surface area contributed by atoms with Crippen molar-refractivity contribution in [1.82, 2.24) is 14.8 Å². The van der Waals surface area contributed by atoms with Gasteiger partial charge in [0.15, 0.2) is 0 Å². The highest BCUT2D eigenvalue weighted by Gasteiger charge is 2.18. The van der Waals surface area contributed by atoms with Crippen LogP contribution in [-0.4, -0.2) is 23.2 Å². The van der Waals surface area contributed by atoms with E-state index in [0.29, 0.717) is 23.5 Å². The standard InChI is InChI=1S/C11H17N5O2S/c1-3-10-11(7-16(2)14-10)15-19(17,18)9-4-8(5-12)13-6-9/h4,6-7,13,15H,3,5,12H2,1-2H3. The summed E-state index contributed by atoms with van der Waals surface area (Å²) in [4.78, 5) is 2.98. The van der Waals surface area contributed by atoms with Crippen molar-refractivity contribution >= 4 is 15.7 Å². The number of nitrogens with zero attached hydrogens (tertiary/aromatic N) is 2. The lowest BCUT2D eigenvalue weighted by Gasteiger charge is -2.05. The molecule has 0 aromatic carbocycles. The zero-order valence-corrected chi connectivity index (χ0v) is 11.7. The van der Waals surface area contributed by atoms with Gasteiger partial charge in [0.1, 0.15) is 4.90 Å². The van der Waals surface area contributed by atoms with Gasteiger partial charge in [0.25, 0.3) is 10.0 Å². The van der Waals surface area contributed by atoms with Gasteiger partial charge in [0.2, 0.25) is 0 Å². The van der Waals surface area contributed by atoms with Crippen LogP contribution in [0, 0.1) is 0 Å². The van der Waals surface area contributed by atoms with Gasteiger partial charge in [-0.1, -0.05) is 6.92 Å². The minimum atomic E-state index is -3.61. The van der Waals surface area contributed by atoms with Crippen molar-refractivity contribution in [2.45, 2.75) is 24.8 Å². The largest absolute Gasteiger partial charge is 0.363 e. The van der Waals surface area contributed by atoms with E-state index in [-0.39, 0.29) is 11.4 Å². The zero-order chi connectivity index (χ0) is 14.0. The number of aromatic amines is 1. The van der Waals surface area contributed by atoms with Crippen molar-refractivity contribution < 1.29 is 8.42 Å². The number of nitrogens with one attached hydrogen (secondary N) is 2. The topological polar surface area (TPSA) is 106 Å². The summed E-state index contributed by atoms with van der Waals surface area (Å²) in [7, 11) is -1.86. The molecule has 0 fully saturated rings. The van der Waals surface area contributed by atoms with E-state index < -0.39 is 10.0 Å². The highest BCUT2D eigenvalue weighted by atomic mass is 32.2. The van der Waals surface area contributed by atoms with Gasteiger partial charge in [-0.2, -0.15) is 5.10 Å². The number of anilines is 1. The molecule has 0 saturated carbocycles. The SMILES string of the molecule is CCc1nn(C)cc1NS(=O)(=O)c1c[nH]c(CN)c1. The normalized spacial score (nSPS) is 11.7. The van der Waals surface area contributed by atoms with E-state index >= 15 is 0 Å². The third kappa shape index (κ3) is 2.79. The smallest absolute Gasteiger partial charge is 0.263 e. The van der Waals surface area contributed by atoms with E-state index in [0.717, 1.165) is 0 Å². The monoisotopic (exact) mass is 283 g/mol. The summed E-state index contributed by atoms with van der Waals surface area (Å²) in [6.07, 6.45) is 3.72. The summed E-state index contributed by atoms with van der Waals surface area (Å²) in [6, 6.07) is 1.52. The van der Waals surface area contributed by atoms with Gasteiger partial charge in [0.05, 0.1) is 11.4 Å². The first kappa shape index (κ1) is 13.6. The van der Waals surface area contributed by atoms with E-state index in [1.54, 1.807) is 17.9 Å². The van der Waals surface area contributed by atoms with Crippen LogP contribution in [0.15, 0.2) is 23.4 Å². The first-order chi connectivity index (χ1) is 8.96. The van der Waals surface area contributed by atoms with E-state index in [1.165, 1.54) is 12.3 Å². The van der Waals surface area contributed by atoms with Crippen molar-refractivity contribution in [2.24, 2.45) is 12.8 Å². The number of aromatic nitrogens is 3. The second-order valence-corrected chi connectivity index (χ2v) is 5.87. The second-order valence-electron chi connectivity index (χ2n) is 4.19. The van der Waals surface area contributed by atoms with Crippen molar-refractivity contribution in [2.75, 3.05) is 4.72 Å². The Morgan fingerprint density at radius 1 is 1.53 bits per heavy atom. The van der Waals surface area contributed by atoms with Gasteiger partial charge in [-0.15, -0.1) is 0 Å². The molecule has 0 amide bonds. The first-order valence-electron chi connectivity index (χ1n) is 5.89. The molecule has 0 radical (unpaired) electrons. The van der Waals surface area contributed by atoms with Crippen LogP contribution in [0.2, 0.25) is 0 Å². The van der Waals surface area contributed by atoms with Gasteiger partial charge in [-0.25, -0.2) is 8.42 Å². The maximum atomic E-state index is 12.2. The summed E-state index contributed by atoms with van der Waals surface area (Å²) >= 11 is 0. The summed E-state index contributed by atoms with van der Waals surface area (Å²) in [5.74, 6) is 0. The quantitative estimate of drug-likeness (QED) is 0.745. The summed E-state index contributed by atoms with van der Waals surface area (Å²) < 4.78 is 28.5. The molecule has 0 aliphatic heterocycles. The Labute approximate surface area is 111 Å². The Hall–Kier alpha value is -1.80. The van der Waals surface area contributed by atoms with Crippen molar-refractivity contribution in [3.63, 3.8) is 0 Å². The Kier molecular flexibility index (Phi) is 3.63. The van der Waals surface area contributed by atoms with E-state index in [1.807, 2.05) is 6.92 Å². The van der Waals surface area contributed by atoms with E-state index in [4.69, 9.17) is 5.73 Å². The number of aryl methyl sites for hydroxylation is 2. The highest BCUT2D eigenvalue weighted by Crippen LogP contribution is 2.19. The summed E-state index contributed by atoms with van der Waals surface area (Å²) in [5, 5.41) is 4.19. The molecular weight excluding hydrogens is 266 g/mol. The molecule has 7 nitrogen and oxygen atoms in total. The minimum Gasteiger partial charge on any atom is -0.363 e. The molecule has 104 valence electrons. The van der Waals surface area contributed by atoms with Crippen LogP contribution in [0.25, 0.3) is 0 Å². The van der Waals surface area contributed by atoms with Crippen LogP contribution in [0.4, 0.5) is 5.69 Å². The lowest BCUT2D eigenvalue weighted by molar-refractivity contribution is 0.601. The molecule has 4 N–H and O–H groups in total. The average molecular weight is 283 g/mol. The summed E-state index contributed by atoms with van der Waals surface area (Å²) in [6.45, 7) is 2.19. The van der Waals surface area contributed by atoms with E-state index in [2.05, 4.69) is 14.8 Å². The third-order valence-electron chi connectivity index (χ3n) is 2.73. The molecule has 8 heteroatoms. The van der Waals surface area contributed by atoms with Gasteiger partial charge in [-0.3, -0.25) is 9.40 Å². The molecule has 0 aliphatic carbocycles. The number of hydrogen-bond acceptors (Lipinski definition) is 4. The molecule has 0 atom stereocenters. The number of H-pyrrole nitrogens is 1. The maximum absolute atomic E-state index is 12.2. The van der Waals surface area contributed by atoms with E-state index in [9.17, 15) is 8.42 Å². The highest BCUT2D eigenvalue weighted by molar-refractivity contribution is 7.92. The molecule has 0 unspecified atom stereocenters. The van der Waals surface area contributed by atoms with Crippen LogP contribution < -0.4 is 10.5 Å². The number of sulfonamides is 1. The van der Waals surface area contributed by atoms with Crippen molar-refractivity contribution in [3.05, 3.63) is 29.8 Å². The predicted molar refractivity (Wildman–Crippen MR) is 72.1 cm³/mol. The maximum Gasteiger partial charge on any atom is 0.263 e. The molecule has 2 aromatic rings. The fourth-order valence-electron chi connectivity index (χ4n) is 1.78. The molecule has 2 aromatic heterocycles. The predicted octanol–water partition coefficient (Wildman–Crippen LogP) is 0.570. The second kappa shape index (κ2) is 5.06. The molecular formula is C11H17N5O2S. The number of hydrogen-bond donors (Lipinski definition) is 3. The molecule has 0 aliphatic rings. The molecule has 0 saturated heterocycles. The van der Waals surface area contributed by atoms with Crippen LogP contribution >= 0.6 is 0 Å². The summed E-state index contributed by atoms with van der Waals surface area (Å²) in [5.41, 5.74) is 7.33. The van der Waals surface area contributed by atoms with Crippen molar-refractivity contribution in [3.8, 4) is 0 Å². The zero-order valence-electron chi connectivity index (χ0n) is 10.8. The fraction of sp³-hybridized carbons (Fsp3) is 0.364. The Morgan fingerprint density at radius 3 is 2.84 bits per heavy atom. The Balaban J connectivity index is 2.30. The average Bonchev–Trinajstić information content (AvgIpc) is 2.95. The lowest BCUT2D eigenvalue weighted by atomic mass is 10.3. The van der Waals surface area contributed by atoms with Crippen LogP contribution in [0.1, 0.15) is 18.3 Å². The molecule has 2 heterocycles. The fourth-order valence-corrected chi connectivity index (χ4v) is 2.87. The number of nitrogens with two attached hydrogens (primary N) is 1. The molecule has 0 bridgehead atoms. The first-order valence-corrected chi connectivity index (χ1v) is 7.37. The lowest BCUT2D eigenvalue weighted by Crippen LogP contribution is -2.12. The van der Waals surface area contributed by atoms with Crippen molar-refractivity contribution in [1.29, 1.82) is 0 Å². The van der Waals surface area contributed by atoms with Gasteiger partial charge in [-0.05, 0) is 12.5 Å². The van der Waals surface area contributed by atoms with Gasteiger partial charge in [0, 0.05) is 31.7 Å². The minimum absolute atomic E-state index is 0.166. The molecule has 19 heavy (non-hydrogen) atoms. The Bertz CT molecular complexity index is 671. The van der Waals surface area contributed by atoms with Crippen LogP contribution in [-0.2, 0) is 30.0 Å². The van der Waals surface area contributed by atoms with Gasteiger partial charge >= 0.3 is 0 Å². The van der Waals surface area contributed by atoms with Crippen LogP contribution in [0.3, 0.4) is 0 Å². The molecule has 0 spiro atoms. The molecule has 2 rings (SSSR count). The van der Waals surface area contributed by atoms with Gasteiger partial charge < -0.3 is 10.7 Å². The van der Waals surface area contributed by atoms with Crippen LogP contribution in [0.5, 0.6) is 0 Å². The number of rotatable bonds is 5. The third-order valence-corrected chi connectivity index (χ3v) is 4.08. The Morgan fingerprint density at radius 2 is 2.26 bits per heavy atom.